The lowest BCUT2D eigenvalue weighted by molar-refractivity contribution is 0.0977. The monoisotopic (exact) mass is 154 g/mol. The van der Waals surface area contributed by atoms with Gasteiger partial charge in [0.15, 0.2) is 0 Å². The van der Waals surface area contributed by atoms with E-state index in [1.807, 2.05) is 0 Å². The largest absolute Gasteiger partial charge is 0.329 e. The van der Waals surface area contributed by atoms with Gasteiger partial charge in [0.05, 0.1) is 0 Å². The molecule has 0 amide bonds. The van der Waals surface area contributed by atoms with Crippen LogP contribution < -0.4 is 5.73 Å². The van der Waals surface area contributed by atoms with Gasteiger partial charge in [0, 0.05) is 12.1 Å². The number of piperidine rings is 1. The Bertz CT molecular complexity index is 146. The summed E-state index contributed by atoms with van der Waals surface area (Å²) in [6.45, 7) is 3.49. The van der Waals surface area contributed by atoms with Crippen LogP contribution in [0.1, 0.15) is 32.1 Å². The van der Waals surface area contributed by atoms with Gasteiger partial charge in [-0.15, -0.1) is 0 Å². The fourth-order valence-electron chi connectivity index (χ4n) is 2.72. The minimum atomic E-state index is 0.443. The zero-order chi connectivity index (χ0) is 7.73. The van der Waals surface area contributed by atoms with Crippen LogP contribution in [0, 0.1) is 0 Å². The van der Waals surface area contributed by atoms with Gasteiger partial charge >= 0.3 is 0 Å². The fraction of sp³-hybridized carbons (Fsp3) is 1.00. The average molecular weight is 154 g/mol. The van der Waals surface area contributed by atoms with Crippen LogP contribution in [0.15, 0.2) is 0 Å². The Morgan fingerprint density at radius 2 is 1.82 bits per heavy atom. The van der Waals surface area contributed by atoms with E-state index in [2.05, 4.69) is 4.90 Å². The van der Waals surface area contributed by atoms with Crippen LogP contribution in [0.5, 0.6) is 0 Å². The summed E-state index contributed by atoms with van der Waals surface area (Å²) in [5, 5.41) is 0. The van der Waals surface area contributed by atoms with Gasteiger partial charge < -0.3 is 5.73 Å². The van der Waals surface area contributed by atoms with Crippen LogP contribution in [0.3, 0.4) is 0 Å². The SMILES string of the molecule is NC[C@@]12CCCCN1CCC2. The highest BCUT2D eigenvalue weighted by atomic mass is 15.2. The van der Waals surface area contributed by atoms with Gasteiger partial charge in [0.2, 0.25) is 0 Å². The summed E-state index contributed by atoms with van der Waals surface area (Å²) < 4.78 is 0. The first kappa shape index (κ1) is 7.56. The molecule has 2 rings (SSSR count). The number of nitrogens with zero attached hydrogens (tertiary/aromatic N) is 1. The molecule has 0 aromatic carbocycles. The standard InChI is InChI=1S/C9H18N2/c10-8-9-4-1-2-6-11(9)7-3-5-9/h1-8,10H2/t9-/m0/s1. The molecule has 0 aromatic rings. The van der Waals surface area contributed by atoms with Crippen molar-refractivity contribution in [3.8, 4) is 0 Å². The lowest BCUT2D eigenvalue weighted by atomic mass is 9.87. The molecule has 11 heavy (non-hydrogen) atoms. The van der Waals surface area contributed by atoms with Crippen molar-refractivity contribution in [1.82, 2.24) is 4.90 Å². The van der Waals surface area contributed by atoms with Crippen LogP contribution >= 0.6 is 0 Å². The second-order valence-electron chi connectivity index (χ2n) is 3.98. The summed E-state index contributed by atoms with van der Waals surface area (Å²) >= 11 is 0. The highest BCUT2D eigenvalue weighted by Gasteiger charge is 2.40. The predicted molar refractivity (Wildman–Crippen MR) is 46.4 cm³/mol. The smallest absolute Gasteiger partial charge is 0.0332 e. The maximum atomic E-state index is 5.84. The number of nitrogens with two attached hydrogens (primary N) is 1. The number of fused-ring (bicyclic) bond motifs is 1. The van der Waals surface area contributed by atoms with Gasteiger partial charge in [-0.1, -0.05) is 6.42 Å². The molecule has 2 heterocycles. The third-order valence-electron chi connectivity index (χ3n) is 3.44. The van der Waals surface area contributed by atoms with Gasteiger partial charge in [0.25, 0.3) is 0 Å². The first-order valence-corrected chi connectivity index (χ1v) is 4.82. The van der Waals surface area contributed by atoms with E-state index >= 15 is 0 Å². The van der Waals surface area contributed by atoms with E-state index < -0.39 is 0 Å². The van der Waals surface area contributed by atoms with Crippen LogP contribution in [-0.4, -0.2) is 30.1 Å². The molecule has 1 atom stereocenters. The molecule has 2 aliphatic heterocycles. The Morgan fingerprint density at radius 1 is 1.09 bits per heavy atom. The summed E-state index contributed by atoms with van der Waals surface area (Å²) in [5.74, 6) is 0. The zero-order valence-corrected chi connectivity index (χ0v) is 7.18. The lowest BCUT2D eigenvalue weighted by Crippen LogP contribution is -2.52. The first-order chi connectivity index (χ1) is 5.37. The molecule has 0 saturated carbocycles. The van der Waals surface area contributed by atoms with Gasteiger partial charge in [-0.25, -0.2) is 0 Å². The maximum absolute atomic E-state index is 5.84. The molecule has 0 radical (unpaired) electrons. The third-order valence-corrected chi connectivity index (χ3v) is 3.44. The molecular formula is C9H18N2. The summed E-state index contributed by atoms with van der Waals surface area (Å²) in [4.78, 5) is 2.62. The zero-order valence-electron chi connectivity index (χ0n) is 7.18. The molecule has 0 aliphatic carbocycles. The van der Waals surface area contributed by atoms with Crippen molar-refractivity contribution < 1.29 is 0 Å². The molecule has 2 heteroatoms. The van der Waals surface area contributed by atoms with Gasteiger partial charge in [-0.3, -0.25) is 4.90 Å². The van der Waals surface area contributed by atoms with Crippen LogP contribution in [0.25, 0.3) is 0 Å². The van der Waals surface area contributed by atoms with E-state index in [0.29, 0.717) is 5.54 Å². The molecule has 2 saturated heterocycles. The molecule has 2 aliphatic rings. The lowest BCUT2D eigenvalue weighted by Gasteiger charge is -2.41. The highest BCUT2D eigenvalue weighted by molar-refractivity contribution is 4.98. The Kier molecular flexibility index (Phi) is 1.90. The van der Waals surface area contributed by atoms with E-state index in [1.165, 1.54) is 45.2 Å². The Hall–Kier alpha value is -0.0800. The number of hydrogen-bond acceptors (Lipinski definition) is 2. The molecule has 64 valence electrons. The molecular weight excluding hydrogens is 136 g/mol. The third kappa shape index (κ3) is 1.09. The fourth-order valence-corrected chi connectivity index (χ4v) is 2.72. The van der Waals surface area contributed by atoms with E-state index in [-0.39, 0.29) is 0 Å². The second-order valence-corrected chi connectivity index (χ2v) is 3.98. The van der Waals surface area contributed by atoms with E-state index in [0.717, 1.165) is 6.54 Å². The summed E-state index contributed by atoms with van der Waals surface area (Å²) in [6, 6.07) is 0. The van der Waals surface area contributed by atoms with Gasteiger partial charge in [0.1, 0.15) is 0 Å². The normalized spacial score (nSPS) is 39.0. The number of hydrogen-bond donors (Lipinski definition) is 1. The molecule has 2 nitrogen and oxygen atoms in total. The summed E-state index contributed by atoms with van der Waals surface area (Å²) in [6.07, 6.45) is 6.86. The molecule has 0 unspecified atom stereocenters. The van der Waals surface area contributed by atoms with Crippen LogP contribution in [-0.2, 0) is 0 Å². The first-order valence-electron chi connectivity index (χ1n) is 4.82. The minimum absolute atomic E-state index is 0.443. The van der Waals surface area contributed by atoms with E-state index in [4.69, 9.17) is 5.73 Å². The predicted octanol–water partition coefficient (Wildman–Crippen LogP) is 0.964. The van der Waals surface area contributed by atoms with Crippen LogP contribution in [0.2, 0.25) is 0 Å². The molecule has 0 spiro atoms. The summed E-state index contributed by atoms with van der Waals surface area (Å²) in [5.41, 5.74) is 6.28. The Balaban J connectivity index is 2.12. The molecule has 2 N–H and O–H groups in total. The van der Waals surface area contributed by atoms with E-state index in [9.17, 15) is 0 Å². The Morgan fingerprint density at radius 3 is 2.55 bits per heavy atom. The highest BCUT2D eigenvalue weighted by Crippen LogP contribution is 2.36. The van der Waals surface area contributed by atoms with Crippen molar-refractivity contribution in [3.05, 3.63) is 0 Å². The second kappa shape index (κ2) is 2.76. The van der Waals surface area contributed by atoms with Crippen molar-refractivity contribution in [3.63, 3.8) is 0 Å². The molecule has 0 bridgehead atoms. The van der Waals surface area contributed by atoms with E-state index in [1.54, 1.807) is 0 Å². The van der Waals surface area contributed by atoms with Crippen molar-refractivity contribution in [2.24, 2.45) is 5.73 Å². The minimum Gasteiger partial charge on any atom is -0.329 e. The van der Waals surface area contributed by atoms with Gasteiger partial charge in [-0.05, 0) is 38.8 Å². The van der Waals surface area contributed by atoms with Gasteiger partial charge in [-0.2, -0.15) is 0 Å². The van der Waals surface area contributed by atoms with Crippen LogP contribution in [0.4, 0.5) is 0 Å². The summed E-state index contributed by atoms with van der Waals surface area (Å²) in [7, 11) is 0. The van der Waals surface area contributed by atoms with Crippen molar-refractivity contribution in [1.29, 1.82) is 0 Å². The Labute approximate surface area is 68.7 Å². The molecule has 0 aromatic heterocycles. The van der Waals surface area contributed by atoms with Crippen molar-refractivity contribution in [2.75, 3.05) is 19.6 Å². The van der Waals surface area contributed by atoms with Crippen molar-refractivity contribution in [2.45, 2.75) is 37.6 Å². The quantitative estimate of drug-likeness (QED) is 0.609. The number of rotatable bonds is 1. The topological polar surface area (TPSA) is 29.3 Å². The molecule has 2 fully saturated rings. The maximum Gasteiger partial charge on any atom is 0.0332 e. The average Bonchev–Trinajstić information content (AvgIpc) is 2.48. The van der Waals surface area contributed by atoms with Crippen molar-refractivity contribution >= 4 is 0 Å².